The molecule has 0 aromatic heterocycles. The Kier molecular flexibility index (Phi) is 12.1. The van der Waals surface area contributed by atoms with Crippen molar-refractivity contribution < 1.29 is 27.5 Å². The first-order valence-electron chi connectivity index (χ1n) is 13.6. The van der Waals surface area contributed by atoms with Crippen molar-refractivity contribution in [1.82, 2.24) is 15.2 Å². The number of hydrogen-bond donors (Lipinski definition) is 2. The molecule has 3 aromatic carbocycles. The van der Waals surface area contributed by atoms with E-state index in [-0.39, 0.29) is 16.8 Å². The Bertz CT molecular complexity index is 1440. The molecule has 8 nitrogen and oxygen atoms in total. The molecule has 0 atom stereocenters. The molecule has 0 heterocycles. The highest BCUT2D eigenvalue weighted by molar-refractivity contribution is 6.31. The van der Waals surface area contributed by atoms with E-state index in [4.69, 9.17) is 16.3 Å². The van der Waals surface area contributed by atoms with Crippen LogP contribution >= 0.6 is 11.6 Å². The maximum absolute atomic E-state index is 13.2. The van der Waals surface area contributed by atoms with E-state index in [0.29, 0.717) is 17.9 Å². The van der Waals surface area contributed by atoms with Gasteiger partial charge in [-0.2, -0.15) is 18.3 Å². The lowest BCUT2D eigenvalue weighted by atomic mass is 10.1. The summed E-state index contributed by atoms with van der Waals surface area (Å²) in [6.07, 6.45) is -3.58. The summed E-state index contributed by atoms with van der Waals surface area (Å²) >= 11 is 5.66. The number of rotatable bonds is 13. The van der Waals surface area contributed by atoms with Gasteiger partial charge in [0, 0.05) is 25.2 Å². The average Bonchev–Trinajstić information content (AvgIpc) is 2.98. The van der Waals surface area contributed by atoms with Crippen molar-refractivity contribution in [3.63, 3.8) is 0 Å². The maximum Gasteiger partial charge on any atom is 0.417 e. The third-order valence-corrected chi connectivity index (χ3v) is 7.06. The van der Waals surface area contributed by atoms with E-state index < -0.39 is 28.6 Å². The fourth-order valence-corrected chi connectivity index (χ4v) is 4.49. The Morgan fingerprint density at radius 3 is 2.42 bits per heavy atom. The molecule has 0 saturated heterocycles. The van der Waals surface area contributed by atoms with Gasteiger partial charge in [-0.1, -0.05) is 43.6 Å². The van der Waals surface area contributed by atoms with Crippen LogP contribution in [0.3, 0.4) is 0 Å². The number of ether oxygens (including phenoxy) is 1. The molecular weight excluding hydrogens is 583 g/mol. The highest BCUT2D eigenvalue weighted by atomic mass is 35.5. The van der Waals surface area contributed by atoms with Gasteiger partial charge in [0.25, 0.3) is 11.8 Å². The van der Waals surface area contributed by atoms with E-state index in [1.807, 2.05) is 13.1 Å². The fraction of sp³-hybridized carbons (Fsp3) is 0.323. The third-order valence-electron chi connectivity index (χ3n) is 6.73. The van der Waals surface area contributed by atoms with Gasteiger partial charge in [0.15, 0.2) is 0 Å². The number of anilines is 1. The molecule has 0 unspecified atom stereocenters. The Morgan fingerprint density at radius 1 is 1.00 bits per heavy atom. The van der Waals surface area contributed by atoms with Gasteiger partial charge < -0.3 is 19.9 Å². The van der Waals surface area contributed by atoms with E-state index in [9.17, 15) is 22.8 Å². The number of alkyl halides is 3. The van der Waals surface area contributed by atoms with Crippen LogP contribution in [0.15, 0.2) is 65.8 Å². The van der Waals surface area contributed by atoms with E-state index >= 15 is 0 Å². The second-order valence-corrected chi connectivity index (χ2v) is 10.2. The van der Waals surface area contributed by atoms with Crippen LogP contribution in [-0.4, -0.2) is 68.2 Å². The van der Waals surface area contributed by atoms with Gasteiger partial charge in [0.1, 0.15) is 5.75 Å². The lowest BCUT2D eigenvalue weighted by Gasteiger charge is -2.23. The largest absolute Gasteiger partial charge is 0.497 e. The SMILES string of the molecule is CCN(CC)CCN(C)Cc1cccc(C(=O)Nc2ccc(OC)cc2C(=O)NN=Cc2ccc(Cl)c(C(F)(F)F)c2)c1. The molecule has 43 heavy (non-hydrogen) atoms. The number of carbonyl (C=O) groups is 2. The predicted octanol–water partition coefficient (Wildman–Crippen LogP) is 6.16. The van der Waals surface area contributed by atoms with Gasteiger partial charge in [-0.3, -0.25) is 9.59 Å². The molecule has 0 bridgehead atoms. The molecule has 3 aromatic rings. The molecule has 0 spiro atoms. The molecule has 2 N–H and O–H groups in total. The van der Waals surface area contributed by atoms with Gasteiger partial charge in [0.2, 0.25) is 0 Å². The monoisotopic (exact) mass is 617 g/mol. The molecule has 0 aliphatic heterocycles. The number of hydrazone groups is 1. The van der Waals surface area contributed by atoms with Gasteiger partial charge in [-0.15, -0.1) is 0 Å². The second-order valence-electron chi connectivity index (χ2n) is 9.77. The number of likely N-dealkylation sites (N-methyl/N-ethyl adjacent to an activating group) is 2. The summed E-state index contributed by atoms with van der Waals surface area (Å²) < 4.78 is 44.7. The van der Waals surface area contributed by atoms with Crippen molar-refractivity contribution >= 4 is 35.3 Å². The Morgan fingerprint density at radius 2 is 1.74 bits per heavy atom. The lowest BCUT2D eigenvalue weighted by Crippen LogP contribution is -2.32. The molecule has 12 heteroatoms. The summed E-state index contributed by atoms with van der Waals surface area (Å²) in [4.78, 5) is 30.7. The number of hydrogen-bond acceptors (Lipinski definition) is 6. The highest BCUT2D eigenvalue weighted by Gasteiger charge is 2.33. The Hall–Kier alpha value is -3.93. The molecule has 0 saturated carbocycles. The van der Waals surface area contributed by atoms with Crippen LogP contribution < -0.4 is 15.5 Å². The van der Waals surface area contributed by atoms with Gasteiger partial charge in [-0.05, 0) is 73.7 Å². The number of methoxy groups -OCH3 is 1. The number of amides is 2. The highest BCUT2D eigenvalue weighted by Crippen LogP contribution is 2.34. The van der Waals surface area contributed by atoms with Crippen LogP contribution in [0.5, 0.6) is 5.75 Å². The molecule has 0 radical (unpaired) electrons. The Labute approximate surface area is 254 Å². The molecule has 230 valence electrons. The second kappa shape index (κ2) is 15.5. The zero-order valence-electron chi connectivity index (χ0n) is 24.5. The zero-order valence-corrected chi connectivity index (χ0v) is 25.2. The van der Waals surface area contributed by atoms with Crippen LogP contribution in [0.2, 0.25) is 5.02 Å². The van der Waals surface area contributed by atoms with Crippen LogP contribution in [0.25, 0.3) is 0 Å². The van der Waals surface area contributed by atoms with Crippen LogP contribution in [-0.2, 0) is 12.7 Å². The van der Waals surface area contributed by atoms with Crippen LogP contribution in [0.4, 0.5) is 18.9 Å². The molecule has 0 fully saturated rings. The first-order valence-corrected chi connectivity index (χ1v) is 14.0. The standard InChI is InChI=1S/C31H35ClF3N5O3/c1-5-40(6-2)15-14-39(3)20-22-8-7-9-23(16-22)29(41)37-28-13-11-24(43-4)18-25(28)30(42)38-36-19-21-10-12-27(32)26(17-21)31(33,34)35/h7-13,16-19H,5-6,14-15,20H2,1-4H3,(H,37,41)(H,38,42). The van der Waals surface area contributed by atoms with Gasteiger partial charge >= 0.3 is 6.18 Å². The minimum absolute atomic E-state index is 0.0456. The predicted molar refractivity (Wildman–Crippen MR) is 163 cm³/mol. The first kappa shape index (κ1) is 33.6. The molecule has 2 amide bonds. The number of nitrogens with zero attached hydrogens (tertiary/aromatic N) is 3. The quantitative estimate of drug-likeness (QED) is 0.177. The van der Waals surface area contributed by atoms with Crippen LogP contribution in [0, 0.1) is 0 Å². The van der Waals surface area contributed by atoms with Crippen molar-refractivity contribution in [3.05, 3.63) is 93.5 Å². The van der Waals surface area contributed by atoms with Crippen molar-refractivity contribution in [3.8, 4) is 5.75 Å². The van der Waals surface area contributed by atoms with Crippen LogP contribution in [0.1, 0.15) is 51.3 Å². The topological polar surface area (TPSA) is 86.3 Å². The Balaban J connectivity index is 1.72. The lowest BCUT2D eigenvalue weighted by molar-refractivity contribution is -0.137. The molecular formula is C31H35ClF3N5O3. The van der Waals surface area contributed by atoms with Gasteiger partial charge in [0.05, 0.1) is 35.2 Å². The van der Waals surface area contributed by atoms with E-state index in [1.54, 1.807) is 24.3 Å². The number of carbonyl (C=O) groups excluding carboxylic acids is 2. The minimum Gasteiger partial charge on any atom is -0.497 e. The summed E-state index contributed by atoms with van der Waals surface area (Å²) in [7, 11) is 3.46. The van der Waals surface area contributed by atoms with E-state index in [1.165, 1.54) is 25.3 Å². The summed E-state index contributed by atoms with van der Waals surface area (Å²) in [5.74, 6) is -0.773. The van der Waals surface area contributed by atoms with Crippen molar-refractivity contribution in [1.29, 1.82) is 0 Å². The zero-order chi connectivity index (χ0) is 31.6. The average molecular weight is 618 g/mol. The van der Waals surface area contributed by atoms with Crippen molar-refractivity contribution in [2.45, 2.75) is 26.6 Å². The van der Waals surface area contributed by atoms with Crippen molar-refractivity contribution in [2.75, 3.05) is 45.7 Å². The van der Waals surface area contributed by atoms with Crippen molar-refractivity contribution in [2.24, 2.45) is 5.10 Å². The minimum atomic E-state index is -4.64. The van der Waals surface area contributed by atoms with E-state index in [2.05, 4.69) is 39.5 Å². The number of halogens is 4. The summed E-state index contributed by atoms with van der Waals surface area (Å²) in [5.41, 5.74) is 2.97. The first-order chi connectivity index (χ1) is 20.4. The number of benzene rings is 3. The molecule has 3 rings (SSSR count). The van der Waals surface area contributed by atoms with Gasteiger partial charge in [-0.25, -0.2) is 5.43 Å². The summed E-state index contributed by atoms with van der Waals surface area (Å²) in [5, 5.41) is 6.10. The number of nitrogens with one attached hydrogen (secondary N) is 2. The molecule has 0 aliphatic carbocycles. The third kappa shape index (κ3) is 9.81. The smallest absolute Gasteiger partial charge is 0.417 e. The fourth-order valence-electron chi connectivity index (χ4n) is 4.26. The maximum atomic E-state index is 13.2. The molecule has 0 aliphatic rings. The summed E-state index contributed by atoms with van der Waals surface area (Å²) in [6, 6.07) is 15.0. The normalized spacial score (nSPS) is 11.8. The summed E-state index contributed by atoms with van der Waals surface area (Å²) in [6.45, 7) is 8.74. The van der Waals surface area contributed by atoms with E-state index in [0.717, 1.165) is 50.1 Å².